The lowest BCUT2D eigenvalue weighted by atomic mass is 10.2. The highest BCUT2D eigenvalue weighted by Gasteiger charge is 1.91. The van der Waals surface area contributed by atoms with Crippen molar-refractivity contribution in [1.29, 1.82) is 0 Å². The first-order chi connectivity index (χ1) is 5.34. The lowest BCUT2D eigenvalue weighted by Crippen LogP contribution is -1.74. The van der Waals surface area contributed by atoms with Crippen molar-refractivity contribution in [3.63, 3.8) is 0 Å². The Balaban J connectivity index is 2.95. The van der Waals surface area contributed by atoms with E-state index in [2.05, 4.69) is 27.8 Å². The first-order valence-corrected chi connectivity index (χ1v) is 4.29. The number of para-hydroxylation sites is 1. The van der Waals surface area contributed by atoms with Gasteiger partial charge in [-0.1, -0.05) is 39.9 Å². The summed E-state index contributed by atoms with van der Waals surface area (Å²) in [6, 6.07) is 7.02. The van der Waals surface area contributed by atoms with Gasteiger partial charge in [0.15, 0.2) is 0 Å². The Morgan fingerprint density at radius 3 is 2.73 bits per heavy atom. The Bertz CT molecular complexity index is 296. The number of phenolic OH excluding ortho intramolecular Hbond substituents is 1. The minimum atomic E-state index is 0.237. The molecule has 0 aromatic heterocycles. The van der Waals surface area contributed by atoms with Crippen molar-refractivity contribution < 1.29 is 5.11 Å². The fraction of sp³-hybridized carbons (Fsp3) is 0.111. The number of aromatic hydroxyl groups is 1. The van der Waals surface area contributed by atoms with Crippen molar-refractivity contribution in [3.05, 3.63) is 29.8 Å². The summed E-state index contributed by atoms with van der Waals surface area (Å²) in [5, 5.41) is 9.85. The molecule has 0 heterocycles. The molecular weight excluding hydrogens is 204 g/mol. The lowest BCUT2D eigenvalue weighted by molar-refractivity contribution is 0.473. The van der Waals surface area contributed by atoms with Crippen LogP contribution in [0.4, 0.5) is 0 Å². The molecule has 1 nitrogen and oxygen atoms in total. The van der Waals surface area contributed by atoms with Crippen molar-refractivity contribution >= 4 is 15.9 Å². The van der Waals surface area contributed by atoms with Gasteiger partial charge < -0.3 is 5.11 Å². The Hall–Kier alpha value is -0.940. The molecule has 0 saturated heterocycles. The molecule has 0 bridgehead atoms. The molecule has 0 unspecified atom stereocenters. The summed E-state index contributed by atoms with van der Waals surface area (Å²) in [4.78, 5) is 0. The molecule has 0 spiro atoms. The molecule has 0 aliphatic rings. The number of hydrogen-bond acceptors (Lipinski definition) is 1. The van der Waals surface area contributed by atoms with Gasteiger partial charge in [0.25, 0.3) is 0 Å². The van der Waals surface area contributed by atoms with Crippen molar-refractivity contribution in [2.45, 2.75) is 0 Å². The van der Waals surface area contributed by atoms with E-state index in [0.717, 1.165) is 0 Å². The van der Waals surface area contributed by atoms with Gasteiger partial charge in [0.2, 0.25) is 0 Å². The Morgan fingerprint density at radius 2 is 2.09 bits per heavy atom. The first-order valence-electron chi connectivity index (χ1n) is 3.17. The summed E-state index contributed by atoms with van der Waals surface area (Å²) in [5.74, 6) is 5.86. The fourth-order valence-electron chi connectivity index (χ4n) is 0.708. The van der Waals surface area contributed by atoms with Crippen LogP contribution in [-0.2, 0) is 0 Å². The van der Waals surface area contributed by atoms with Crippen LogP contribution in [0, 0.1) is 11.8 Å². The largest absolute Gasteiger partial charge is 0.507 e. The number of benzene rings is 1. The molecule has 0 atom stereocenters. The third kappa shape index (κ3) is 2.28. The highest BCUT2D eigenvalue weighted by atomic mass is 79.9. The topological polar surface area (TPSA) is 20.2 Å². The first kappa shape index (κ1) is 8.16. The Morgan fingerprint density at radius 1 is 1.36 bits per heavy atom. The molecule has 1 aromatic carbocycles. The molecule has 0 fully saturated rings. The molecule has 0 saturated carbocycles. The second-order valence-electron chi connectivity index (χ2n) is 1.95. The molecule has 0 radical (unpaired) electrons. The van der Waals surface area contributed by atoms with Gasteiger partial charge in [0.05, 0.1) is 10.9 Å². The SMILES string of the molecule is Oc1ccccc1C#CCBr. The minimum absolute atomic E-state index is 0.237. The normalized spacial score (nSPS) is 8.45. The number of hydrogen-bond donors (Lipinski definition) is 1. The van der Waals surface area contributed by atoms with Crippen LogP contribution in [0.25, 0.3) is 0 Å². The lowest BCUT2D eigenvalue weighted by Gasteiger charge is -1.92. The Kier molecular flexibility index (Phi) is 3.00. The molecule has 11 heavy (non-hydrogen) atoms. The van der Waals surface area contributed by atoms with Gasteiger partial charge in [0.1, 0.15) is 5.75 Å². The van der Waals surface area contributed by atoms with Crippen LogP contribution in [0.3, 0.4) is 0 Å². The summed E-state index contributed by atoms with van der Waals surface area (Å²) >= 11 is 3.18. The second-order valence-corrected chi connectivity index (χ2v) is 2.51. The summed E-state index contributed by atoms with van der Waals surface area (Å²) in [6.45, 7) is 0. The zero-order chi connectivity index (χ0) is 8.10. The van der Waals surface area contributed by atoms with Gasteiger partial charge in [0, 0.05) is 0 Å². The van der Waals surface area contributed by atoms with Crippen molar-refractivity contribution in [2.75, 3.05) is 5.33 Å². The van der Waals surface area contributed by atoms with Gasteiger partial charge in [-0.15, -0.1) is 0 Å². The predicted molar refractivity (Wildman–Crippen MR) is 48.8 cm³/mol. The van der Waals surface area contributed by atoms with Gasteiger partial charge in [-0.25, -0.2) is 0 Å². The van der Waals surface area contributed by atoms with Crippen molar-refractivity contribution in [1.82, 2.24) is 0 Å². The molecule has 2 heteroatoms. The van der Waals surface area contributed by atoms with E-state index in [0.29, 0.717) is 10.9 Å². The van der Waals surface area contributed by atoms with Gasteiger partial charge >= 0.3 is 0 Å². The standard InChI is InChI=1S/C9H7BrO/c10-7-3-5-8-4-1-2-6-9(8)11/h1-2,4,6,11H,7H2. The summed E-state index contributed by atoms with van der Waals surface area (Å²) in [6.07, 6.45) is 0. The van der Waals surface area contributed by atoms with E-state index in [1.807, 2.05) is 6.07 Å². The van der Waals surface area contributed by atoms with E-state index < -0.39 is 0 Å². The third-order valence-corrected chi connectivity index (χ3v) is 1.47. The van der Waals surface area contributed by atoms with Crippen LogP contribution in [0.2, 0.25) is 0 Å². The van der Waals surface area contributed by atoms with Crippen LogP contribution in [0.1, 0.15) is 5.56 Å². The van der Waals surface area contributed by atoms with E-state index in [1.54, 1.807) is 18.2 Å². The molecule has 1 aromatic rings. The third-order valence-electron chi connectivity index (χ3n) is 1.19. The maximum absolute atomic E-state index is 9.22. The van der Waals surface area contributed by atoms with E-state index in [1.165, 1.54) is 0 Å². The van der Waals surface area contributed by atoms with Crippen molar-refractivity contribution in [3.8, 4) is 17.6 Å². The number of phenols is 1. The van der Waals surface area contributed by atoms with Gasteiger partial charge in [-0.2, -0.15) is 0 Å². The molecule has 0 amide bonds. The fourth-order valence-corrected chi connectivity index (χ4v) is 0.848. The predicted octanol–water partition coefficient (Wildman–Crippen LogP) is 2.14. The average molecular weight is 211 g/mol. The molecular formula is C9H7BrO. The number of alkyl halides is 1. The maximum Gasteiger partial charge on any atom is 0.131 e. The van der Waals surface area contributed by atoms with E-state index >= 15 is 0 Å². The molecule has 1 rings (SSSR count). The summed E-state index contributed by atoms with van der Waals surface area (Å²) in [5.41, 5.74) is 0.673. The molecule has 0 aliphatic heterocycles. The Labute approximate surface area is 74.2 Å². The minimum Gasteiger partial charge on any atom is -0.507 e. The summed E-state index contributed by atoms with van der Waals surface area (Å²) in [7, 11) is 0. The van der Waals surface area contributed by atoms with Crippen LogP contribution in [0.5, 0.6) is 5.75 Å². The summed E-state index contributed by atoms with van der Waals surface area (Å²) < 4.78 is 0. The smallest absolute Gasteiger partial charge is 0.131 e. The highest BCUT2D eigenvalue weighted by Crippen LogP contribution is 2.13. The van der Waals surface area contributed by atoms with Crippen LogP contribution in [-0.4, -0.2) is 10.4 Å². The molecule has 0 aliphatic carbocycles. The number of rotatable bonds is 0. The monoisotopic (exact) mass is 210 g/mol. The van der Waals surface area contributed by atoms with Crippen LogP contribution < -0.4 is 0 Å². The van der Waals surface area contributed by atoms with Crippen molar-refractivity contribution in [2.24, 2.45) is 0 Å². The van der Waals surface area contributed by atoms with Crippen LogP contribution >= 0.6 is 15.9 Å². The van der Waals surface area contributed by atoms with Gasteiger partial charge in [-0.3, -0.25) is 0 Å². The molecule has 1 N–H and O–H groups in total. The number of halogens is 1. The molecule has 56 valence electrons. The van der Waals surface area contributed by atoms with Gasteiger partial charge in [-0.05, 0) is 12.1 Å². The van der Waals surface area contributed by atoms with Crippen LogP contribution in [0.15, 0.2) is 24.3 Å². The van der Waals surface area contributed by atoms with E-state index in [4.69, 9.17) is 0 Å². The average Bonchev–Trinajstić information content (AvgIpc) is 2.03. The zero-order valence-electron chi connectivity index (χ0n) is 5.84. The maximum atomic E-state index is 9.22. The second kappa shape index (κ2) is 4.05. The quantitative estimate of drug-likeness (QED) is 0.514. The van der Waals surface area contributed by atoms with E-state index in [-0.39, 0.29) is 5.75 Å². The van der Waals surface area contributed by atoms with E-state index in [9.17, 15) is 5.11 Å². The zero-order valence-corrected chi connectivity index (χ0v) is 7.43. The highest BCUT2D eigenvalue weighted by molar-refractivity contribution is 9.09.